The third-order valence-electron chi connectivity index (χ3n) is 5.20. The van der Waals surface area contributed by atoms with Crippen molar-refractivity contribution in [2.75, 3.05) is 19.6 Å². The minimum absolute atomic E-state index is 0. The molecule has 0 bridgehead atoms. The van der Waals surface area contributed by atoms with Gasteiger partial charge in [-0.1, -0.05) is 24.7 Å². The maximum absolute atomic E-state index is 12.9. The van der Waals surface area contributed by atoms with Crippen molar-refractivity contribution in [3.63, 3.8) is 0 Å². The van der Waals surface area contributed by atoms with Crippen LogP contribution in [0.1, 0.15) is 26.3 Å². The number of Topliss-reactive ketones (excluding diaryl/α,β-unsaturated/α-hetero) is 1. The number of hydrogen-bond donors (Lipinski definition) is 0. The Balaban J connectivity index is 0.00000256. The Morgan fingerprint density at radius 1 is 1.07 bits per heavy atom. The molecular weight excluding hydrogens is 457 g/mol. The zero-order valence-corrected chi connectivity index (χ0v) is 19.7. The second-order valence-electron chi connectivity index (χ2n) is 7.11. The van der Waals surface area contributed by atoms with Crippen molar-refractivity contribution >= 4 is 28.6 Å². The second kappa shape index (κ2) is 9.19. The maximum Gasteiger partial charge on any atom is 0.266 e. The zero-order chi connectivity index (χ0) is 20.5. The molecule has 151 valence electrons. The van der Waals surface area contributed by atoms with E-state index in [2.05, 4.69) is 4.98 Å². The van der Waals surface area contributed by atoms with Crippen molar-refractivity contribution in [1.29, 1.82) is 0 Å². The summed E-state index contributed by atoms with van der Waals surface area (Å²) in [6, 6.07) is 10.9. The molecular formula is C22H21N4O3Y-. The van der Waals surface area contributed by atoms with E-state index < -0.39 is 11.7 Å². The van der Waals surface area contributed by atoms with Gasteiger partial charge in [0.05, 0.1) is 16.6 Å². The molecule has 1 aliphatic rings. The summed E-state index contributed by atoms with van der Waals surface area (Å²) in [5, 5.41) is 0. The van der Waals surface area contributed by atoms with E-state index in [0.29, 0.717) is 23.2 Å². The van der Waals surface area contributed by atoms with E-state index in [1.54, 1.807) is 36.0 Å². The summed E-state index contributed by atoms with van der Waals surface area (Å²) in [5.41, 5.74) is 3.26. The van der Waals surface area contributed by atoms with Crippen LogP contribution < -0.4 is 0 Å². The standard InChI is InChI=1S/C22H21N4O3.Y/c1-15-8-9-23-18-17(14-24(2)19(15)18)20(27)22(29)26-12-10-25(11-13-26)21(28)16-6-4-3-5-7-16;/h3-9,12,14H,10-11,13H2,1-2H3;/q-1;. The SMILES string of the molecule is Cc1ccnc2c(C(=O)C(=O)N3[CH-]CN(C(=O)c4ccccc4)CC3)cn(C)c12.[Y]. The molecule has 4 rings (SSSR count). The van der Waals surface area contributed by atoms with E-state index >= 15 is 0 Å². The van der Waals surface area contributed by atoms with Crippen molar-refractivity contribution in [3.8, 4) is 0 Å². The summed E-state index contributed by atoms with van der Waals surface area (Å²) >= 11 is 0. The minimum Gasteiger partial charge on any atom is -0.483 e. The molecule has 8 heteroatoms. The van der Waals surface area contributed by atoms with Crippen LogP contribution >= 0.6 is 0 Å². The molecule has 3 heterocycles. The largest absolute Gasteiger partial charge is 0.483 e. The first-order valence-electron chi connectivity index (χ1n) is 9.41. The molecule has 0 aliphatic carbocycles. The molecule has 1 saturated heterocycles. The van der Waals surface area contributed by atoms with Crippen LogP contribution in [-0.2, 0) is 44.6 Å². The molecule has 0 atom stereocenters. The van der Waals surface area contributed by atoms with Gasteiger partial charge in [-0.15, -0.1) is 0 Å². The number of carbonyl (C=O) groups is 3. The van der Waals surface area contributed by atoms with Crippen LogP contribution in [-0.4, -0.2) is 56.6 Å². The van der Waals surface area contributed by atoms with Gasteiger partial charge in [-0.2, -0.15) is 0 Å². The Morgan fingerprint density at radius 3 is 2.47 bits per heavy atom. The van der Waals surface area contributed by atoms with Crippen LogP contribution in [0.5, 0.6) is 0 Å². The van der Waals surface area contributed by atoms with Gasteiger partial charge in [0.1, 0.15) is 0 Å². The molecule has 30 heavy (non-hydrogen) atoms. The first-order chi connectivity index (χ1) is 14.0. The summed E-state index contributed by atoms with van der Waals surface area (Å²) < 4.78 is 1.82. The summed E-state index contributed by atoms with van der Waals surface area (Å²) in [5.74, 6) is -1.28. The molecule has 1 aromatic carbocycles. The average Bonchev–Trinajstić information content (AvgIpc) is 3.10. The molecule has 2 amide bonds. The van der Waals surface area contributed by atoms with E-state index in [1.807, 2.05) is 42.8 Å². The van der Waals surface area contributed by atoms with Crippen LogP contribution in [0.15, 0.2) is 48.8 Å². The van der Waals surface area contributed by atoms with Crippen LogP contribution in [0.25, 0.3) is 11.0 Å². The van der Waals surface area contributed by atoms with Gasteiger partial charge < -0.3 is 14.4 Å². The topological polar surface area (TPSA) is 75.5 Å². The zero-order valence-electron chi connectivity index (χ0n) is 16.9. The average molecular weight is 478 g/mol. The van der Waals surface area contributed by atoms with Gasteiger partial charge in [0, 0.05) is 70.8 Å². The molecule has 2 aromatic heterocycles. The quantitative estimate of drug-likeness (QED) is 0.329. The normalized spacial score (nSPS) is 13.8. The van der Waals surface area contributed by atoms with E-state index in [1.165, 1.54) is 4.90 Å². The summed E-state index contributed by atoms with van der Waals surface area (Å²) in [7, 11) is 1.83. The fraction of sp³-hybridized carbons (Fsp3) is 0.227. The van der Waals surface area contributed by atoms with Gasteiger partial charge >= 0.3 is 0 Å². The van der Waals surface area contributed by atoms with Gasteiger partial charge in [-0.05, 0) is 30.7 Å². The van der Waals surface area contributed by atoms with Gasteiger partial charge in [0.15, 0.2) is 0 Å². The Labute approximate surface area is 199 Å². The number of benzene rings is 1. The van der Waals surface area contributed by atoms with Gasteiger partial charge in [0.2, 0.25) is 0 Å². The summed E-state index contributed by atoms with van der Waals surface area (Å²) in [6.45, 7) is 4.47. The van der Waals surface area contributed by atoms with Gasteiger partial charge in [-0.25, -0.2) is 6.54 Å². The Hall–Kier alpha value is -2.38. The fourth-order valence-corrected chi connectivity index (χ4v) is 3.66. The van der Waals surface area contributed by atoms with E-state index in [9.17, 15) is 14.4 Å². The van der Waals surface area contributed by atoms with Crippen LogP contribution in [0.2, 0.25) is 0 Å². The molecule has 0 N–H and O–H groups in total. The number of carbonyl (C=O) groups excluding carboxylic acids is 3. The number of hydrogen-bond acceptors (Lipinski definition) is 4. The first-order valence-corrected chi connectivity index (χ1v) is 9.41. The number of aryl methyl sites for hydroxylation is 2. The Kier molecular flexibility index (Phi) is 6.83. The van der Waals surface area contributed by atoms with Crippen LogP contribution in [0.3, 0.4) is 0 Å². The van der Waals surface area contributed by atoms with Crippen LogP contribution in [0.4, 0.5) is 0 Å². The summed E-state index contributed by atoms with van der Waals surface area (Å²) in [4.78, 5) is 45.6. The van der Waals surface area contributed by atoms with Crippen molar-refractivity contribution in [1.82, 2.24) is 19.4 Å². The van der Waals surface area contributed by atoms with Crippen molar-refractivity contribution < 1.29 is 47.1 Å². The number of piperazine rings is 1. The van der Waals surface area contributed by atoms with E-state index in [4.69, 9.17) is 0 Å². The second-order valence-corrected chi connectivity index (χ2v) is 7.11. The Bertz CT molecular complexity index is 1100. The van der Waals surface area contributed by atoms with Gasteiger partial charge in [0.25, 0.3) is 17.6 Å². The smallest absolute Gasteiger partial charge is 0.266 e. The van der Waals surface area contributed by atoms with Crippen molar-refractivity contribution in [2.24, 2.45) is 7.05 Å². The maximum atomic E-state index is 12.9. The fourth-order valence-electron chi connectivity index (χ4n) is 3.66. The molecule has 1 fully saturated rings. The van der Waals surface area contributed by atoms with E-state index in [0.717, 1.165) is 11.1 Å². The molecule has 0 spiro atoms. The number of nitrogens with zero attached hydrogens (tertiary/aromatic N) is 4. The molecule has 7 nitrogen and oxygen atoms in total. The molecule has 0 saturated carbocycles. The molecule has 1 aliphatic heterocycles. The number of aromatic nitrogens is 2. The number of amides is 2. The first kappa shape index (κ1) is 22.3. The van der Waals surface area contributed by atoms with E-state index in [-0.39, 0.29) is 51.7 Å². The number of ketones is 1. The van der Waals surface area contributed by atoms with Crippen molar-refractivity contribution in [2.45, 2.75) is 6.92 Å². The number of pyridine rings is 1. The van der Waals surface area contributed by atoms with Gasteiger partial charge in [-0.3, -0.25) is 19.4 Å². The Morgan fingerprint density at radius 2 is 1.80 bits per heavy atom. The van der Waals surface area contributed by atoms with Crippen LogP contribution in [0, 0.1) is 13.5 Å². The molecule has 3 aromatic rings. The monoisotopic (exact) mass is 478 g/mol. The van der Waals surface area contributed by atoms with Crippen molar-refractivity contribution in [3.05, 3.63) is 72.0 Å². The predicted octanol–water partition coefficient (Wildman–Crippen LogP) is 2.21. The number of fused-ring (bicyclic) bond motifs is 1. The third kappa shape index (κ3) is 4.09. The third-order valence-corrected chi connectivity index (χ3v) is 5.20. The molecule has 1 radical (unpaired) electrons. The summed E-state index contributed by atoms with van der Waals surface area (Å²) in [6.07, 6.45) is 3.29. The number of rotatable bonds is 3. The minimum atomic E-state index is -0.604. The predicted molar refractivity (Wildman–Crippen MR) is 108 cm³/mol. The molecule has 0 unspecified atom stereocenters.